The highest BCUT2D eigenvalue weighted by atomic mass is 16.6. The Morgan fingerprint density at radius 1 is 1.31 bits per heavy atom. The lowest BCUT2D eigenvalue weighted by molar-refractivity contribution is -0.384. The molecule has 0 fully saturated rings. The van der Waals surface area contributed by atoms with E-state index in [0.29, 0.717) is 18.7 Å². The van der Waals surface area contributed by atoms with Gasteiger partial charge in [0.25, 0.3) is 11.2 Å². The summed E-state index contributed by atoms with van der Waals surface area (Å²) in [4.78, 5) is 52.1. The van der Waals surface area contributed by atoms with Crippen LogP contribution in [0.1, 0.15) is 40.0 Å². The van der Waals surface area contributed by atoms with Crippen LogP contribution in [0, 0.1) is 16.0 Å². The van der Waals surface area contributed by atoms with E-state index in [2.05, 4.69) is 10.3 Å². The summed E-state index contributed by atoms with van der Waals surface area (Å²) >= 11 is 0. The average Bonchev–Trinajstić information content (AvgIpc) is 2.72. The Labute approximate surface area is 185 Å². The molecule has 11 heteroatoms. The summed E-state index contributed by atoms with van der Waals surface area (Å²) in [7, 11) is 0. The Kier molecular flexibility index (Phi) is 8.56. The number of nitrogen functional groups attached to an aromatic ring is 1. The molecule has 0 saturated heterocycles. The molecule has 1 aromatic carbocycles. The summed E-state index contributed by atoms with van der Waals surface area (Å²) in [5.74, 6) is -0.410. The molecule has 4 N–H and O–H groups in total. The predicted molar refractivity (Wildman–Crippen MR) is 124 cm³/mol. The maximum absolute atomic E-state index is 13.1. The highest BCUT2D eigenvalue weighted by Crippen LogP contribution is 2.23. The summed E-state index contributed by atoms with van der Waals surface area (Å²) in [5, 5.41) is 14.1. The molecule has 0 bridgehead atoms. The molecule has 0 radical (unpaired) electrons. The average molecular weight is 447 g/mol. The van der Waals surface area contributed by atoms with E-state index in [1.54, 1.807) is 18.2 Å². The van der Waals surface area contributed by atoms with Crippen LogP contribution in [-0.4, -0.2) is 33.5 Å². The van der Waals surface area contributed by atoms with Crippen molar-refractivity contribution in [2.75, 3.05) is 29.0 Å². The molecule has 2 rings (SSSR count). The zero-order valence-electron chi connectivity index (χ0n) is 18.6. The molecule has 0 unspecified atom stereocenters. The minimum absolute atomic E-state index is 0.0249. The molecule has 0 spiro atoms. The lowest BCUT2D eigenvalue weighted by atomic mass is 10.1. The zero-order chi connectivity index (χ0) is 23.8. The largest absolute Gasteiger partial charge is 0.383 e. The second-order valence-electron chi connectivity index (χ2n) is 7.85. The number of nitro benzene ring substituents is 1. The summed E-state index contributed by atoms with van der Waals surface area (Å²) < 4.78 is 1.27. The van der Waals surface area contributed by atoms with Gasteiger partial charge in [0.15, 0.2) is 5.69 Å². The molecule has 0 aliphatic rings. The topological polar surface area (TPSA) is 156 Å². The first-order chi connectivity index (χ1) is 15.2. The standard InChI is InChI=1S/C21H30N6O5/c1-4-5-12-25-19(22)18(20(29)24-21(25)30)26(13-14(2)3)17(28)10-11-23-15-8-6-7-9-16(15)27(31)32/h6-9,14,23H,4-5,10-13,22H2,1-3H3,(H,24,29,30). The Hall–Kier alpha value is -3.63. The third-order valence-corrected chi connectivity index (χ3v) is 4.82. The van der Waals surface area contributed by atoms with Crippen LogP contribution in [0.25, 0.3) is 0 Å². The number of rotatable bonds is 11. The second kappa shape index (κ2) is 11.1. The number of nitro groups is 1. The van der Waals surface area contributed by atoms with Gasteiger partial charge in [0.1, 0.15) is 11.5 Å². The van der Waals surface area contributed by atoms with Crippen molar-refractivity contribution in [3.05, 3.63) is 55.2 Å². The van der Waals surface area contributed by atoms with Gasteiger partial charge in [-0.1, -0.05) is 39.3 Å². The Balaban J connectivity index is 2.29. The van der Waals surface area contributed by atoms with E-state index in [-0.39, 0.29) is 48.5 Å². The van der Waals surface area contributed by atoms with Crippen molar-refractivity contribution in [3.63, 3.8) is 0 Å². The van der Waals surface area contributed by atoms with Gasteiger partial charge in [0.2, 0.25) is 5.91 Å². The molecule has 0 atom stereocenters. The number of hydrogen-bond donors (Lipinski definition) is 3. The van der Waals surface area contributed by atoms with Gasteiger partial charge in [-0.3, -0.25) is 29.3 Å². The van der Waals surface area contributed by atoms with Gasteiger partial charge in [-0.05, 0) is 18.4 Å². The fourth-order valence-corrected chi connectivity index (χ4v) is 3.28. The monoisotopic (exact) mass is 446 g/mol. The van der Waals surface area contributed by atoms with Crippen LogP contribution in [-0.2, 0) is 11.3 Å². The number of nitrogens with zero attached hydrogens (tertiary/aromatic N) is 3. The lowest BCUT2D eigenvalue weighted by Gasteiger charge is -2.26. The molecule has 32 heavy (non-hydrogen) atoms. The number of hydrogen-bond acceptors (Lipinski definition) is 7. The minimum atomic E-state index is -0.721. The number of nitrogens with one attached hydrogen (secondary N) is 2. The fraction of sp³-hybridized carbons (Fsp3) is 0.476. The summed E-state index contributed by atoms with van der Waals surface area (Å²) in [6.07, 6.45) is 1.48. The maximum atomic E-state index is 13.1. The van der Waals surface area contributed by atoms with E-state index in [1.807, 2.05) is 20.8 Å². The van der Waals surface area contributed by atoms with E-state index < -0.39 is 16.2 Å². The van der Waals surface area contributed by atoms with E-state index in [4.69, 9.17) is 5.73 Å². The van der Waals surface area contributed by atoms with Gasteiger partial charge < -0.3 is 16.0 Å². The molecular weight excluding hydrogens is 416 g/mol. The molecule has 1 amide bonds. The van der Waals surface area contributed by atoms with Gasteiger partial charge in [0, 0.05) is 32.1 Å². The fourth-order valence-electron chi connectivity index (χ4n) is 3.28. The molecule has 1 heterocycles. The first-order valence-corrected chi connectivity index (χ1v) is 10.6. The number of benzene rings is 1. The predicted octanol–water partition coefficient (Wildman–Crippen LogP) is 2.32. The van der Waals surface area contributed by atoms with E-state index in [1.165, 1.54) is 15.5 Å². The summed E-state index contributed by atoms with van der Waals surface area (Å²) in [5.41, 5.74) is 4.99. The third-order valence-electron chi connectivity index (χ3n) is 4.82. The highest BCUT2D eigenvalue weighted by molar-refractivity contribution is 5.95. The summed E-state index contributed by atoms with van der Waals surface area (Å²) in [6, 6.07) is 6.14. The van der Waals surface area contributed by atoms with Crippen LogP contribution >= 0.6 is 0 Å². The number of para-hydroxylation sites is 2. The van der Waals surface area contributed by atoms with Crippen molar-refractivity contribution in [1.29, 1.82) is 0 Å². The van der Waals surface area contributed by atoms with Gasteiger partial charge in [-0.25, -0.2) is 4.79 Å². The quantitative estimate of drug-likeness (QED) is 0.353. The van der Waals surface area contributed by atoms with Crippen LogP contribution < -0.4 is 27.2 Å². The van der Waals surface area contributed by atoms with Crippen LogP contribution in [0.2, 0.25) is 0 Å². The van der Waals surface area contributed by atoms with Crippen molar-refractivity contribution < 1.29 is 9.72 Å². The molecule has 0 aliphatic heterocycles. The van der Waals surface area contributed by atoms with E-state index in [9.17, 15) is 24.5 Å². The number of aromatic amines is 1. The van der Waals surface area contributed by atoms with Crippen LogP contribution in [0.5, 0.6) is 0 Å². The smallest absolute Gasteiger partial charge is 0.330 e. The first kappa shape index (κ1) is 24.6. The minimum Gasteiger partial charge on any atom is -0.383 e. The van der Waals surface area contributed by atoms with Gasteiger partial charge >= 0.3 is 5.69 Å². The molecule has 1 aromatic heterocycles. The van der Waals surface area contributed by atoms with Gasteiger partial charge in [-0.15, -0.1) is 0 Å². The highest BCUT2D eigenvalue weighted by Gasteiger charge is 2.25. The van der Waals surface area contributed by atoms with Crippen LogP contribution in [0.4, 0.5) is 22.9 Å². The van der Waals surface area contributed by atoms with Crippen molar-refractivity contribution in [2.24, 2.45) is 5.92 Å². The van der Waals surface area contributed by atoms with E-state index >= 15 is 0 Å². The Morgan fingerprint density at radius 2 is 2.00 bits per heavy atom. The number of carbonyl (C=O) groups excluding carboxylic acids is 1. The number of nitrogens with two attached hydrogens (primary N) is 1. The maximum Gasteiger partial charge on any atom is 0.330 e. The Bertz CT molecular complexity index is 1080. The van der Waals surface area contributed by atoms with Gasteiger partial charge in [-0.2, -0.15) is 0 Å². The van der Waals surface area contributed by atoms with Crippen molar-refractivity contribution in [2.45, 2.75) is 46.6 Å². The number of anilines is 3. The van der Waals surface area contributed by atoms with Crippen molar-refractivity contribution in [1.82, 2.24) is 9.55 Å². The number of carbonyl (C=O) groups is 1. The number of amides is 1. The van der Waals surface area contributed by atoms with Gasteiger partial charge in [0.05, 0.1) is 4.92 Å². The normalized spacial score (nSPS) is 10.9. The molecular formula is C21H30N6O5. The van der Waals surface area contributed by atoms with E-state index in [0.717, 1.165) is 6.42 Å². The molecule has 11 nitrogen and oxygen atoms in total. The number of unbranched alkanes of at least 4 members (excludes halogenated alkanes) is 1. The molecule has 174 valence electrons. The van der Waals surface area contributed by atoms with Crippen LogP contribution in [0.15, 0.2) is 33.9 Å². The summed E-state index contributed by atoms with van der Waals surface area (Å²) in [6.45, 7) is 6.42. The van der Waals surface area contributed by atoms with Crippen molar-refractivity contribution >= 4 is 28.8 Å². The van der Waals surface area contributed by atoms with Crippen LogP contribution in [0.3, 0.4) is 0 Å². The lowest BCUT2D eigenvalue weighted by Crippen LogP contribution is -2.43. The SMILES string of the molecule is CCCCn1c(N)c(N(CC(C)C)C(=O)CCNc2ccccc2[N+](=O)[O-])c(=O)[nH]c1=O. The third kappa shape index (κ3) is 5.96. The molecule has 2 aromatic rings. The Morgan fingerprint density at radius 3 is 2.62 bits per heavy atom. The number of aromatic nitrogens is 2. The molecule has 0 saturated carbocycles. The number of H-pyrrole nitrogens is 1. The molecule has 0 aliphatic carbocycles. The van der Waals surface area contributed by atoms with Crippen molar-refractivity contribution in [3.8, 4) is 0 Å². The first-order valence-electron chi connectivity index (χ1n) is 10.6. The zero-order valence-corrected chi connectivity index (χ0v) is 18.6. The second-order valence-corrected chi connectivity index (χ2v) is 7.85.